The van der Waals surface area contributed by atoms with E-state index in [1.165, 1.54) is 12.4 Å². The molecule has 0 aliphatic carbocycles. The standard InChI is InChI=1S/C10H17FN4/c1-15(2)6-4-3-5-12-10-7-9(11)13-8-14-10/h7-8H,3-6H2,1-2H3,(H,12,13,14). The lowest BCUT2D eigenvalue weighted by Gasteiger charge is -2.09. The van der Waals surface area contributed by atoms with Gasteiger partial charge < -0.3 is 10.2 Å². The molecule has 0 fully saturated rings. The van der Waals surface area contributed by atoms with Crippen LogP contribution in [-0.4, -0.2) is 42.1 Å². The minimum Gasteiger partial charge on any atom is -0.370 e. The van der Waals surface area contributed by atoms with Gasteiger partial charge in [0.1, 0.15) is 12.1 Å². The van der Waals surface area contributed by atoms with Crippen LogP contribution in [-0.2, 0) is 0 Å². The predicted octanol–water partition coefficient (Wildman–Crippen LogP) is 1.37. The molecule has 0 aliphatic rings. The molecule has 15 heavy (non-hydrogen) atoms. The van der Waals surface area contributed by atoms with Gasteiger partial charge in [0, 0.05) is 12.6 Å². The first-order chi connectivity index (χ1) is 7.18. The van der Waals surface area contributed by atoms with Crippen molar-refractivity contribution in [2.75, 3.05) is 32.5 Å². The van der Waals surface area contributed by atoms with E-state index in [0.29, 0.717) is 5.82 Å². The molecule has 0 atom stereocenters. The van der Waals surface area contributed by atoms with E-state index in [2.05, 4.69) is 20.2 Å². The van der Waals surface area contributed by atoms with Gasteiger partial charge in [-0.15, -0.1) is 0 Å². The predicted molar refractivity (Wildman–Crippen MR) is 58.3 cm³/mol. The monoisotopic (exact) mass is 212 g/mol. The van der Waals surface area contributed by atoms with E-state index < -0.39 is 5.95 Å². The Kier molecular flexibility index (Phi) is 4.97. The molecule has 1 heterocycles. The molecule has 84 valence electrons. The van der Waals surface area contributed by atoms with Crippen LogP contribution in [0.3, 0.4) is 0 Å². The van der Waals surface area contributed by atoms with Gasteiger partial charge >= 0.3 is 0 Å². The van der Waals surface area contributed by atoms with Crippen LogP contribution in [0, 0.1) is 5.95 Å². The second kappa shape index (κ2) is 6.29. The molecule has 0 unspecified atom stereocenters. The quantitative estimate of drug-likeness (QED) is 0.571. The van der Waals surface area contributed by atoms with Crippen LogP contribution in [0.2, 0.25) is 0 Å². The molecule has 0 bridgehead atoms. The molecular weight excluding hydrogens is 195 g/mol. The van der Waals surface area contributed by atoms with Crippen molar-refractivity contribution in [3.05, 3.63) is 18.3 Å². The highest BCUT2D eigenvalue weighted by Gasteiger charge is 1.96. The van der Waals surface area contributed by atoms with Crippen LogP contribution in [0.5, 0.6) is 0 Å². The fraction of sp³-hybridized carbons (Fsp3) is 0.600. The van der Waals surface area contributed by atoms with Gasteiger partial charge in [0.2, 0.25) is 5.95 Å². The second-order valence-electron chi connectivity index (χ2n) is 3.66. The Balaban J connectivity index is 2.15. The summed E-state index contributed by atoms with van der Waals surface area (Å²) in [5, 5.41) is 3.05. The van der Waals surface area contributed by atoms with E-state index in [1.54, 1.807) is 0 Å². The van der Waals surface area contributed by atoms with Gasteiger partial charge in [-0.3, -0.25) is 0 Å². The van der Waals surface area contributed by atoms with E-state index in [1.807, 2.05) is 14.1 Å². The normalized spacial score (nSPS) is 10.7. The molecule has 0 saturated carbocycles. The Morgan fingerprint density at radius 1 is 1.33 bits per heavy atom. The Morgan fingerprint density at radius 2 is 2.13 bits per heavy atom. The van der Waals surface area contributed by atoms with E-state index in [9.17, 15) is 4.39 Å². The molecule has 0 saturated heterocycles. The number of unbranched alkanes of at least 4 members (excludes halogenated alkanes) is 1. The molecule has 0 amide bonds. The zero-order valence-electron chi connectivity index (χ0n) is 9.20. The minimum atomic E-state index is -0.499. The van der Waals surface area contributed by atoms with Gasteiger partial charge in [-0.2, -0.15) is 4.39 Å². The molecule has 1 aromatic heterocycles. The van der Waals surface area contributed by atoms with Gasteiger partial charge in [0.25, 0.3) is 0 Å². The van der Waals surface area contributed by atoms with Gasteiger partial charge in [-0.05, 0) is 33.5 Å². The van der Waals surface area contributed by atoms with Crippen molar-refractivity contribution < 1.29 is 4.39 Å². The summed E-state index contributed by atoms with van der Waals surface area (Å²) in [6.45, 7) is 1.88. The van der Waals surface area contributed by atoms with Crippen molar-refractivity contribution >= 4 is 5.82 Å². The number of hydrogen-bond donors (Lipinski definition) is 1. The summed E-state index contributed by atoms with van der Waals surface area (Å²) in [7, 11) is 4.10. The fourth-order valence-electron chi connectivity index (χ4n) is 1.20. The summed E-state index contributed by atoms with van der Waals surface area (Å²) in [5.41, 5.74) is 0. The first-order valence-electron chi connectivity index (χ1n) is 5.04. The molecule has 1 aromatic rings. The highest BCUT2D eigenvalue weighted by atomic mass is 19.1. The summed E-state index contributed by atoms with van der Waals surface area (Å²) in [6, 6.07) is 1.30. The van der Waals surface area contributed by atoms with Crippen LogP contribution in [0.4, 0.5) is 10.2 Å². The molecule has 4 nitrogen and oxygen atoms in total. The molecule has 0 aromatic carbocycles. The van der Waals surface area contributed by atoms with Crippen LogP contribution < -0.4 is 5.32 Å². The van der Waals surface area contributed by atoms with Crippen LogP contribution >= 0.6 is 0 Å². The van der Waals surface area contributed by atoms with Gasteiger partial charge in [-0.1, -0.05) is 0 Å². The van der Waals surface area contributed by atoms with E-state index in [-0.39, 0.29) is 0 Å². The Labute approximate surface area is 89.5 Å². The largest absolute Gasteiger partial charge is 0.370 e. The van der Waals surface area contributed by atoms with E-state index in [4.69, 9.17) is 0 Å². The third-order valence-electron chi connectivity index (χ3n) is 1.97. The molecule has 5 heteroatoms. The zero-order valence-corrected chi connectivity index (χ0v) is 9.20. The summed E-state index contributed by atoms with van der Waals surface area (Å²) < 4.78 is 12.7. The van der Waals surface area contributed by atoms with Gasteiger partial charge in [0.05, 0.1) is 0 Å². The minimum absolute atomic E-state index is 0.499. The number of aromatic nitrogens is 2. The second-order valence-corrected chi connectivity index (χ2v) is 3.66. The summed E-state index contributed by atoms with van der Waals surface area (Å²) in [6.07, 6.45) is 3.38. The van der Waals surface area contributed by atoms with Gasteiger partial charge in [0.15, 0.2) is 0 Å². The lowest BCUT2D eigenvalue weighted by molar-refractivity contribution is 0.396. The van der Waals surface area contributed by atoms with Crippen molar-refractivity contribution in [2.45, 2.75) is 12.8 Å². The van der Waals surface area contributed by atoms with Crippen LogP contribution in [0.1, 0.15) is 12.8 Å². The summed E-state index contributed by atoms with van der Waals surface area (Å²) in [5.74, 6) is 0.0492. The number of rotatable bonds is 6. The molecule has 0 aliphatic heterocycles. The number of anilines is 1. The summed E-state index contributed by atoms with van der Waals surface area (Å²) in [4.78, 5) is 9.43. The third-order valence-corrected chi connectivity index (χ3v) is 1.97. The summed E-state index contributed by atoms with van der Waals surface area (Å²) >= 11 is 0. The average molecular weight is 212 g/mol. The fourth-order valence-corrected chi connectivity index (χ4v) is 1.20. The maximum absolute atomic E-state index is 12.7. The average Bonchev–Trinajstić information content (AvgIpc) is 2.17. The van der Waals surface area contributed by atoms with Crippen molar-refractivity contribution in [1.29, 1.82) is 0 Å². The SMILES string of the molecule is CN(C)CCCCNc1cc(F)ncn1. The molecule has 0 radical (unpaired) electrons. The molecule has 1 N–H and O–H groups in total. The lowest BCUT2D eigenvalue weighted by Crippen LogP contribution is -2.14. The topological polar surface area (TPSA) is 41.0 Å². The first-order valence-corrected chi connectivity index (χ1v) is 5.04. The molecule has 0 spiro atoms. The number of nitrogens with zero attached hydrogens (tertiary/aromatic N) is 3. The van der Waals surface area contributed by atoms with Crippen molar-refractivity contribution in [2.24, 2.45) is 0 Å². The molecule has 1 rings (SSSR count). The van der Waals surface area contributed by atoms with Crippen molar-refractivity contribution in [3.8, 4) is 0 Å². The van der Waals surface area contributed by atoms with Crippen LogP contribution in [0.15, 0.2) is 12.4 Å². The maximum Gasteiger partial charge on any atom is 0.217 e. The highest BCUT2D eigenvalue weighted by molar-refractivity contribution is 5.31. The van der Waals surface area contributed by atoms with E-state index in [0.717, 1.165) is 25.9 Å². The Bertz CT molecular complexity index is 291. The number of halogens is 1. The van der Waals surface area contributed by atoms with Crippen molar-refractivity contribution in [3.63, 3.8) is 0 Å². The smallest absolute Gasteiger partial charge is 0.217 e. The molecular formula is C10H17FN4. The first kappa shape index (κ1) is 11.8. The number of hydrogen-bond acceptors (Lipinski definition) is 4. The van der Waals surface area contributed by atoms with Gasteiger partial charge in [-0.25, -0.2) is 9.97 Å². The highest BCUT2D eigenvalue weighted by Crippen LogP contribution is 2.02. The lowest BCUT2D eigenvalue weighted by atomic mass is 10.3. The number of nitrogens with one attached hydrogen (secondary N) is 1. The Morgan fingerprint density at radius 3 is 2.80 bits per heavy atom. The third kappa shape index (κ3) is 5.27. The maximum atomic E-state index is 12.7. The van der Waals surface area contributed by atoms with Crippen LogP contribution in [0.25, 0.3) is 0 Å². The van der Waals surface area contributed by atoms with Crippen molar-refractivity contribution in [1.82, 2.24) is 14.9 Å². The Hall–Kier alpha value is -1.23. The zero-order chi connectivity index (χ0) is 11.1. The van der Waals surface area contributed by atoms with E-state index >= 15 is 0 Å².